The minimum atomic E-state index is 0.675. The van der Waals surface area contributed by atoms with E-state index < -0.39 is 0 Å². The second kappa shape index (κ2) is 6.63. The summed E-state index contributed by atoms with van der Waals surface area (Å²) in [5.41, 5.74) is 1.41. The summed E-state index contributed by atoms with van der Waals surface area (Å²) in [6, 6.07) is 10.5. The topological polar surface area (TPSA) is 35.2 Å². The summed E-state index contributed by atoms with van der Waals surface area (Å²) in [6.45, 7) is 0.675. The van der Waals surface area contributed by atoms with E-state index in [4.69, 9.17) is 5.90 Å². The van der Waals surface area contributed by atoms with Crippen LogP contribution in [0.1, 0.15) is 24.8 Å². The summed E-state index contributed by atoms with van der Waals surface area (Å²) in [6.07, 6.45) is 4.62. The summed E-state index contributed by atoms with van der Waals surface area (Å²) in [4.78, 5) is 4.49. The molecule has 0 amide bonds. The van der Waals surface area contributed by atoms with Crippen molar-refractivity contribution in [1.29, 1.82) is 0 Å². The molecule has 0 aliphatic rings. The number of hydrogen-bond acceptors (Lipinski definition) is 2. The standard InChI is InChI=1S/C11H17NO/c12-13-10-6-2-5-9-11-7-3-1-4-8-11/h1,3-4,7-8H,2,5-6,9-10,12H2. The maximum absolute atomic E-state index is 4.92. The van der Waals surface area contributed by atoms with Gasteiger partial charge in [0, 0.05) is 0 Å². The van der Waals surface area contributed by atoms with Gasteiger partial charge in [0.2, 0.25) is 0 Å². The number of benzene rings is 1. The van der Waals surface area contributed by atoms with Crippen LogP contribution in [-0.2, 0) is 11.3 Å². The molecule has 2 N–H and O–H groups in total. The van der Waals surface area contributed by atoms with Gasteiger partial charge in [-0.3, -0.25) is 0 Å². The van der Waals surface area contributed by atoms with Crippen molar-refractivity contribution >= 4 is 0 Å². The fraction of sp³-hybridized carbons (Fsp3) is 0.455. The van der Waals surface area contributed by atoms with E-state index in [1.54, 1.807) is 0 Å². The minimum absolute atomic E-state index is 0.675. The van der Waals surface area contributed by atoms with Crippen LogP contribution in [0.3, 0.4) is 0 Å². The molecule has 0 fully saturated rings. The second-order valence-electron chi connectivity index (χ2n) is 3.17. The second-order valence-corrected chi connectivity index (χ2v) is 3.17. The maximum Gasteiger partial charge on any atom is 0.0679 e. The average molecular weight is 179 g/mol. The van der Waals surface area contributed by atoms with Gasteiger partial charge in [-0.15, -0.1) is 0 Å². The summed E-state index contributed by atoms with van der Waals surface area (Å²) < 4.78 is 0. The molecule has 2 heteroatoms. The Morgan fingerprint density at radius 2 is 1.77 bits per heavy atom. The van der Waals surface area contributed by atoms with Crippen molar-refractivity contribution < 1.29 is 4.84 Å². The van der Waals surface area contributed by atoms with E-state index in [9.17, 15) is 0 Å². The smallest absolute Gasteiger partial charge is 0.0679 e. The molecule has 1 aromatic rings. The van der Waals surface area contributed by atoms with Crippen LogP contribution in [0.15, 0.2) is 30.3 Å². The van der Waals surface area contributed by atoms with Gasteiger partial charge in [0.15, 0.2) is 0 Å². The zero-order chi connectivity index (χ0) is 9.36. The zero-order valence-corrected chi connectivity index (χ0v) is 7.91. The third kappa shape index (κ3) is 4.65. The molecule has 0 heterocycles. The van der Waals surface area contributed by atoms with Gasteiger partial charge < -0.3 is 4.84 Å². The van der Waals surface area contributed by atoms with Gasteiger partial charge in [-0.25, -0.2) is 5.90 Å². The van der Waals surface area contributed by atoms with Crippen molar-refractivity contribution in [2.24, 2.45) is 5.90 Å². The van der Waals surface area contributed by atoms with Crippen LogP contribution in [0.4, 0.5) is 0 Å². The van der Waals surface area contributed by atoms with Gasteiger partial charge in [0.25, 0.3) is 0 Å². The summed E-state index contributed by atoms with van der Waals surface area (Å²) in [7, 11) is 0. The molecule has 0 bridgehead atoms. The van der Waals surface area contributed by atoms with E-state index in [1.165, 1.54) is 18.4 Å². The number of nitrogens with two attached hydrogens (primary N) is 1. The largest absolute Gasteiger partial charge is 0.305 e. The van der Waals surface area contributed by atoms with Crippen molar-refractivity contribution in [1.82, 2.24) is 0 Å². The van der Waals surface area contributed by atoms with E-state index >= 15 is 0 Å². The van der Waals surface area contributed by atoms with Crippen LogP contribution in [0.2, 0.25) is 0 Å². The maximum atomic E-state index is 4.92. The predicted molar refractivity (Wildman–Crippen MR) is 54.1 cm³/mol. The van der Waals surface area contributed by atoms with E-state index in [2.05, 4.69) is 29.1 Å². The highest BCUT2D eigenvalue weighted by molar-refractivity contribution is 5.14. The third-order valence-corrected chi connectivity index (χ3v) is 2.07. The Morgan fingerprint density at radius 1 is 1.00 bits per heavy atom. The lowest BCUT2D eigenvalue weighted by Gasteiger charge is -2.00. The molecule has 0 spiro atoms. The Morgan fingerprint density at radius 3 is 2.46 bits per heavy atom. The molecule has 0 saturated heterocycles. The van der Waals surface area contributed by atoms with Crippen LogP contribution in [0.25, 0.3) is 0 Å². The van der Waals surface area contributed by atoms with Crippen molar-refractivity contribution in [3.8, 4) is 0 Å². The quantitative estimate of drug-likeness (QED) is 0.537. The van der Waals surface area contributed by atoms with Gasteiger partial charge in [0.1, 0.15) is 0 Å². The van der Waals surface area contributed by atoms with E-state index in [0.29, 0.717) is 6.61 Å². The highest BCUT2D eigenvalue weighted by Crippen LogP contribution is 2.05. The van der Waals surface area contributed by atoms with Crippen LogP contribution >= 0.6 is 0 Å². The predicted octanol–water partition coefficient (Wildman–Crippen LogP) is 2.29. The first-order valence-electron chi connectivity index (χ1n) is 4.79. The van der Waals surface area contributed by atoms with Crippen molar-refractivity contribution in [3.05, 3.63) is 35.9 Å². The molecule has 13 heavy (non-hydrogen) atoms. The molecule has 0 radical (unpaired) electrons. The lowest BCUT2D eigenvalue weighted by molar-refractivity contribution is 0.133. The lowest BCUT2D eigenvalue weighted by Crippen LogP contribution is -2.00. The number of unbranched alkanes of at least 4 members (excludes halogenated alkanes) is 2. The Hall–Kier alpha value is -0.860. The number of aryl methyl sites for hydroxylation is 1. The van der Waals surface area contributed by atoms with Crippen molar-refractivity contribution in [2.75, 3.05) is 6.61 Å². The summed E-state index contributed by atoms with van der Waals surface area (Å²) in [5.74, 6) is 4.92. The molecule has 0 atom stereocenters. The zero-order valence-electron chi connectivity index (χ0n) is 7.91. The number of rotatable bonds is 6. The van der Waals surface area contributed by atoms with Crippen LogP contribution in [0, 0.1) is 0 Å². The SMILES string of the molecule is NOCCCCCc1ccccc1. The molecule has 0 aliphatic heterocycles. The van der Waals surface area contributed by atoms with Crippen LogP contribution in [0.5, 0.6) is 0 Å². The third-order valence-electron chi connectivity index (χ3n) is 2.07. The monoisotopic (exact) mass is 179 g/mol. The summed E-state index contributed by atoms with van der Waals surface area (Å²) in [5, 5.41) is 0. The molecule has 0 saturated carbocycles. The Labute approximate surface area is 79.7 Å². The molecular weight excluding hydrogens is 162 g/mol. The Balaban J connectivity index is 2.07. The normalized spacial score (nSPS) is 10.2. The highest BCUT2D eigenvalue weighted by Gasteiger charge is 1.91. The van der Waals surface area contributed by atoms with E-state index in [1.807, 2.05) is 6.07 Å². The number of hydrogen-bond donors (Lipinski definition) is 1. The van der Waals surface area contributed by atoms with Crippen LogP contribution < -0.4 is 5.90 Å². The molecule has 0 aliphatic carbocycles. The highest BCUT2D eigenvalue weighted by atomic mass is 16.6. The molecular formula is C11H17NO. The van der Waals surface area contributed by atoms with Crippen molar-refractivity contribution in [3.63, 3.8) is 0 Å². The Kier molecular flexibility index (Phi) is 5.22. The van der Waals surface area contributed by atoms with Gasteiger partial charge in [-0.05, 0) is 24.8 Å². The first kappa shape index (κ1) is 10.2. The van der Waals surface area contributed by atoms with Crippen LogP contribution in [-0.4, -0.2) is 6.61 Å². The van der Waals surface area contributed by atoms with Crippen molar-refractivity contribution in [2.45, 2.75) is 25.7 Å². The Bertz CT molecular complexity index is 211. The fourth-order valence-electron chi connectivity index (χ4n) is 1.34. The molecule has 2 nitrogen and oxygen atoms in total. The molecule has 72 valence electrons. The average Bonchev–Trinajstić information content (AvgIpc) is 2.19. The van der Waals surface area contributed by atoms with Gasteiger partial charge in [0.05, 0.1) is 6.61 Å². The lowest BCUT2D eigenvalue weighted by atomic mass is 10.1. The van der Waals surface area contributed by atoms with E-state index in [0.717, 1.165) is 12.8 Å². The minimum Gasteiger partial charge on any atom is -0.305 e. The summed E-state index contributed by atoms with van der Waals surface area (Å²) >= 11 is 0. The van der Waals surface area contributed by atoms with Gasteiger partial charge in [-0.1, -0.05) is 36.8 Å². The molecule has 1 aromatic carbocycles. The van der Waals surface area contributed by atoms with Gasteiger partial charge in [-0.2, -0.15) is 0 Å². The molecule has 0 unspecified atom stereocenters. The fourth-order valence-corrected chi connectivity index (χ4v) is 1.34. The molecule has 0 aromatic heterocycles. The van der Waals surface area contributed by atoms with Gasteiger partial charge >= 0.3 is 0 Å². The molecule has 1 rings (SSSR count). The first-order valence-corrected chi connectivity index (χ1v) is 4.79. The first-order chi connectivity index (χ1) is 6.43. The van der Waals surface area contributed by atoms with E-state index in [-0.39, 0.29) is 0 Å².